The number of hydrogen-bond acceptors (Lipinski definition) is 0. The van der Waals surface area contributed by atoms with Gasteiger partial charge in [0.2, 0.25) is 0 Å². The van der Waals surface area contributed by atoms with E-state index in [-0.39, 0.29) is 0 Å². The molecule has 1 heterocycles. The first-order chi connectivity index (χ1) is 34.2. The normalized spacial score (nSPS) is 11.5. The highest BCUT2D eigenvalue weighted by Gasteiger charge is 2.16. The van der Waals surface area contributed by atoms with Gasteiger partial charge in [-0.1, -0.05) is 237 Å². The molecule has 0 aliphatic heterocycles. The van der Waals surface area contributed by atoms with E-state index in [1.165, 1.54) is 121 Å². The molecule has 322 valence electrons. The van der Waals surface area contributed by atoms with E-state index in [9.17, 15) is 0 Å². The molecule has 0 spiro atoms. The van der Waals surface area contributed by atoms with Gasteiger partial charge in [-0.3, -0.25) is 0 Å². The summed E-state index contributed by atoms with van der Waals surface area (Å²) in [4.78, 5) is 0. The van der Waals surface area contributed by atoms with E-state index in [0.717, 1.165) is 5.69 Å². The molecule has 1 aromatic heterocycles. The van der Waals surface area contributed by atoms with Gasteiger partial charge < -0.3 is 4.57 Å². The van der Waals surface area contributed by atoms with Crippen molar-refractivity contribution in [3.05, 3.63) is 273 Å². The lowest BCUT2D eigenvalue weighted by Crippen LogP contribution is -1.94. The molecule has 0 saturated carbocycles. The third-order valence-corrected chi connectivity index (χ3v) is 14.1. The summed E-state index contributed by atoms with van der Waals surface area (Å²) in [5.41, 5.74) is 20.5. The zero-order valence-corrected chi connectivity index (χ0v) is 37.9. The third kappa shape index (κ3) is 7.38. The van der Waals surface area contributed by atoms with Crippen molar-refractivity contribution in [3.8, 4) is 83.6 Å². The Bertz CT molecular complexity index is 3760. The maximum absolute atomic E-state index is 2.42. The predicted octanol–water partition coefficient (Wildman–Crippen LogP) is 18.8. The fraction of sp³-hybridized carbons (Fsp3) is 0. The number of fused-ring (bicyclic) bond motifs is 5. The Balaban J connectivity index is 0.837. The monoisotopic (exact) mass is 875 g/mol. The van der Waals surface area contributed by atoms with E-state index in [4.69, 9.17) is 0 Å². The van der Waals surface area contributed by atoms with Crippen LogP contribution in [0.15, 0.2) is 273 Å². The third-order valence-electron chi connectivity index (χ3n) is 14.1. The highest BCUT2D eigenvalue weighted by molar-refractivity contribution is 6.12. The fourth-order valence-electron chi connectivity index (χ4n) is 10.4. The number of rotatable bonds is 8. The Hall–Kier alpha value is -9.04. The lowest BCUT2D eigenvalue weighted by Gasteiger charge is -2.11. The van der Waals surface area contributed by atoms with Gasteiger partial charge in [-0.15, -0.1) is 0 Å². The van der Waals surface area contributed by atoms with Gasteiger partial charge in [-0.05, 0) is 136 Å². The predicted molar refractivity (Wildman–Crippen MR) is 294 cm³/mol. The quantitative estimate of drug-likeness (QED) is 0.143. The fourth-order valence-corrected chi connectivity index (χ4v) is 10.4. The van der Waals surface area contributed by atoms with Crippen LogP contribution in [0.4, 0.5) is 0 Å². The molecule has 0 radical (unpaired) electrons. The largest absolute Gasteiger partial charge is 0.309 e. The van der Waals surface area contributed by atoms with Crippen LogP contribution in [0.5, 0.6) is 0 Å². The summed E-state index contributed by atoms with van der Waals surface area (Å²) in [6, 6.07) is 99.9. The molecule has 69 heavy (non-hydrogen) atoms. The van der Waals surface area contributed by atoms with E-state index >= 15 is 0 Å². The van der Waals surface area contributed by atoms with Gasteiger partial charge in [0.05, 0.1) is 11.0 Å². The van der Waals surface area contributed by atoms with Crippen LogP contribution in [0.1, 0.15) is 0 Å². The molecule has 0 saturated heterocycles. The molecule has 1 heteroatoms. The van der Waals surface area contributed by atoms with Crippen LogP contribution in [-0.2, 0) is 0 Å². The first-order valence-corrected chi connectivity index (χ1v) is 23.8. The van der Waals surface area contributed by atoms with E-state index in [0.29, 0.717) is 0 Å². The van der Waals surface area contributed by atoms with E-state index in [1.54, 1.807) is 0 Å². The Morgan fingerprint density at radius 1 is 0.188 bits per heavy atom. The average molecular weight is 876 g/mol. The molecule has 0 amide bonds. The van der Waals surface area contributed by atoms with Crippen LogP contribution < -0.4 is 0 Å². The second kappa shape index (κ2) is 17.0. The molecule has 0 fully saturated rings. The van der Waals surface area contributed by atoms with Gasteiger partial charge in [-0.2, -0.15) is 0 Å². The van der Waals surface area contributed by atoms with Crippen molar-refractivity contribution in [1.29, 1.82) is 0 Å². The van der Waals surface area contributed by atoms with Gasteiger partial charge in [0, 0.05) is 16.5 Å². The molecule has 0 unspecified atom stereocenters. The van der Waals surface area contributed by atoms with Crippen molar-refractivity contribution in [2.75, 3.05) is 0 Å². The lowest BCUT2D eigenvalue weighted by atomic mass is 9.95. The van der Waals surface area contributed by atoms with Gasteiger partial charge >= 0.3 is 0 Å². The summed E-state index contributed by atoms with van der Waals surface area (Å²) < 4.78 is 2.42. The van der Waals surface area contributed by atoms with Gasteiger partial charge in [0.25, 0.3) is 0 Å². The van der Waals surface area contributed by atoms with E-state index in [2.05, 4.69) is 278 Å². The van der Waals surface area contributed by atoms with Gasteiger partial charge in [0.1, 0.15) is 0 Å². The van der Waals surface area contributed by atoms with Gasteiger partial charge in [0.15, 0.2) is 0 Å². The van der Waals surface area contributed by atoms with E-state index in [1.807, 2.05) is 0 Å². The van der Waals surface area contributed by atoms with Crippen molar-refractivity contribution in [2.45, 2.75) is 0 Å². The summed E-state index contributed by atoms with van der Waals surface area (Å²) in [5.74, 6) is 0. The molecular weight excluding hydrogens is 831 g/mol. The van der Waals surface area contributed by atoms with Crippen LogP contribution in [0, 0.1) is 0 Å². The topological polar surface area (TPSA) is 4.93 Å². The minimum Gasteiger partial charge on any atom is -0.309 e. The van der Waals surface area contributed by atoms with Crippen molar-refractivity contribution in [3.63, 3.8) is 0 Å². The molecule has 13 aromatic rings. The van der Waals surface area contributed by atoms with Crippen LogP contribution in [0.2, 0.25) is 0 Å². The zero-order chi connectivity index (χ0) is 45.7. The van der Waals surface area contributed by atoms with Crippen LogP contribution >= 0.6 is 0 Å². The summed E-state index contributed by atoms with van der Waals surface area (Å²) in [7, 11) is 0. The molecule has 0 aliphatic rings. The summed E-state index contributed by atoms with van der Waals surface area (Å²) in [6.07, 6.45) is 0. The molecule has 12 aromatic carbocycles. The number of aromatic nitrogens is 1. The van der Waals surface area contributed by atoms with Crippen molar-refractivity contribution in [1.82, 2.24) is 4.57 Å². The average Bonchev–Trinajstić information content (AvgIpc) is 3.76. The Morgan fingerprint density at radius 3 is 0.913 bits per heavy atom. The first kappa shape index (κ1) is 40.3. The van der Waals surface area contributed by atoms with Crippen molar-refractivity contribution < 1.29 is 0 Å². The van der Waals surface area contributed by atoms with Crippen LogP contribution in [0.3, 0.4) is 0 Å². The molecule has 0 atom stereocenters. The molecular formula is C68H45N. The van der Waals surface area contributed by atoms with E-state index < -0.39 is 0 Å². The SMILES string of the molecule is c1ccc(-c2ccc(-n3c4ccc(-c5ccc(-c6ccc(-c7cccc8ccccc78)cc6)cc5)cc4c4cc(-c5ccc(-c6ccc(-c7cccc8ccccc78)cc6)cc5)ccc43)cc2)cc1. The van der Waals surface area contributed by atoms with Crippen LogP contribution in [-0.4, -0.2) is 4.57 Å². The summed E-state index contributed by atoms with van der Waals surface area (Å²) in [5, 5.41) is 7.53. The molecule has 0 bridgehead atoms. The smallest absolute Gasteiger partial charge is 0.0541 e. The second-order valence-electron chi connectivity index (χ2n) is 18.1. The summed E-state index contributed by atoms with van der Waals surface area (Å²) in [6.45, 7) is 0. The Morgan fingerprint density at radius 2 is 0.493 bits per heavy atom. The number of hydrogen-bond donors (Lipinski definition) is 0. The second-order valence-corrected chi connectivity index (χ2v) is 18.1. The molecule has 0 N–H and O–H groups in total. The number of benzene rings is 12. The minimum absolute atomic E-state index is 1.14. The maximum atomic E-state index is 2.42. The maximum Gasteiger partial charge on any atom is 0.0541 e. The molecule has 0 aliphatic carbocycles. The minimum atomic E-state index is 1.14. The Labute approximate surface area is 402 Å². The highest BCUT2D eigenvalue weighted by Crippen LogP contribution is 2.39. The highest BCUT2D eigenvalue weighted by atomic mass is 15.0. The van der Waals surface area contributed by atoms with Crippen molar-refractivity contribution in [2.24, 2.45) is 0 Å². The van der Waals surface area contributed by atoms with Crippen LogP contribution in [0.25, 0.3) is 127 Å². The summed E-state index contributed by atoms with van der Waals surface area (Å²) >= 11 is 0. The lowest BCUT2D eigenvalue weighted by molar-refractivity contribution is 1.18. The van der Waals surface area contributed by atoms with Gasteiger partial charge in [-0.25, -0.2) is 0 Å². The zero-order valence-electron chi connectivity index (χ0n) is 37.9. The molecule has 13 rings (SSSR count). The Kier molecular flexibility index (Phi) is 9.91. The standard InChI is InChI=1S/C68H45N/c1-2-10-46(11-3-1)51-36-40-60(41-37-51)69-67-42-38-58(52-24-20-47(21-25-52)49-28-32-56(33-29-49)63-18-8-14-54-12-4-6-16-61(54)63)44-65(67)66-45-59(39-43-68(66)69)53-26-22-48(23-27-53)50-30-34-57(35-31-50)64-19-9-15-55-13-5-7-17-62(55)64/h1-45H. The van der Waals surface area contributed by atoms with Crippen molar-refractivity contribution >= 4 is 43.4 Å². The molecule has 1 nitrogen and oxygen atoms in total. The number of nitrogens with zero attached hydrogens (tertiary/aromatic N) is 1. The first-order valence-electron chi connectivity index (χ1n) is 23.8.